The van der Waals surface area contributed by atoms with Crippen molar-refractivity contribution in [3.8, 4) is 23.3 Å². The Morgan fingerprint density at radius 2 is 2.03 bits per heavy atom. The SMILES string of the molecule is COc1cc(CC#N)c(N(C(=O)c2cccs2)c2onc(C)c2Cl)c(OC)c1OC. The molecule has 2 aromatic heterocycles. The number of aromatic nitrogens is 1. The van der Waals surface area contributed by atoms with Gasteiger partial charge in [-0.1, -0.05) is 22.8 Å². The molecule has 30 heavy (non-hydrogen) atoms. The monoisotopic (exact) mass is 447 g/mol. The number of hydrogen-bond acceptors (Lipinski definition) is 8. The van der Waals surface area contributed by atoms with Crippen LogP contribution in [0, 0.1) is 18.3 Å². The topological polar surface area (TPSA) is 97.8 Å². The quantitative estimate of drug-likeness (QED) is 0.514. The summed E-state index contributed by atoms with van der Waals surface area (Å²) in [7, 11) is 4.35. The van der Waals surface area contributed by atoms with E-state index in [2.05, 4.69) is 11.2 Å². The van der Waals surface area contributed by atoms with Crippen LogP contribution < -0.4 is 19.1 Å². The molecule has 3 rings (SSSR count). The van der Waals surface area contributed by atoms with Gasteiger partial charge in [0.15, 0.2) is 11.5 Å². The molecule has 0 N–H and O–H groups in total. The lowest BCUT2D eigenvalue weighted by molar-refractivity contribution is 0.0997. The van der Waals surface area contributed by atoms with Crippen molar-refractivity contribution in [3.05, 3.63) is 44.7 Å². The van der Waals surface area contributed by atoms with Crippen LogP contribution in [0.2, 0.25) is 5.02 Å². The predicted molar refractivity (Wildman–Crippen MR) is 112 cm³/mol. The fraction of sp³-hybridized carbons (Fsp3) is 0.250. The lowest BCUT2D eigenvalue weighted by Gasteiger charge is -2.26. The zero-order chi connectivity index (χ0) is 21.8. The molecule has 3 aromatic rings. The molecule has 0 aliphatic rings. The molecule has 156 valence electrons. The van der Waals surface area contributed by atoms with Gasteiger partial charge in [0.2, 0.25) is 5.75 Å². The Morgan fingerprint density at radius 3 is 2.53 bits per heavy atom. The average molecular weight is 448 g/mol. The number of rotatable bonds is 7. The van der Waals surface area contributed by atoms with Crippen molar-refractivity contribution in [3.63, 3.8) is 0 Å². The molecule has 0 saturated carbocycles. The Bertz CT molecular complexity index is 1100. The normalized spacial score (nSPS) is 10.4. The highest BCUT2D eigenvalue weighted by atomic mass is 35.5. The van der Waals surface area contributed by atoms with Crippen molar-refractivity contribution in [1.29, 1.82) is 5.26 Å². The number of hydrogen-bond donors (Lipinski definition) is 0. The summed E-state index contributed by atoms with van der Waals surface area (Å²) in [6, 6.07) is 7.14. The number of thiophene rings is 1. The molecule has 0 fully saturated rings. The van der Waals surface area contributed by atoms with E-state index in [1.807, 2.05) is 0 Å². The van der Waals surface area contributed by atoms with Crippen LogP contribution in [0.5, 0.6) is 17.2 Å². The van der Waals surface area contributed by atoms with E-state index < -0.39 is 5.91 Å². The van der Waals surface area contributed by atoms with Gasteiger partial charge < -0.3 is 18.7 Å². The standard InChI is InChI=1S/C20H18ClN3O5S/c1-11-15(21)20(29-23-11)24(19(25)14-6-5-9-30-14)16-12(7-8-22)10-13(26-2)17(27-3)18(16)28-4/h5-6,9-10H,7H2,1-4H3. The number of methoxy groups -OCH3 is 3. The van der Waals surface area contributed by atoms with E-state index in [0.717, 1.165) is 0 Å². The number of ether oxygens (including phenoxy) is 3. The minimum absolute atomic E-state index is 0.0114. The summed E-state index contributed by atoms with van der Waals surface area (Å²) in [5.41, 5.74) is 1.13. The maximum absolute atomic E-state index is 13.5. The van der Waals surface area contributed by atoms with E-state index in [1.54, 1.807) is 30.5 Å². The number of nitriles is 1. The van der Waals surface area contributed by atoms with Gasteiger partial charge in [-0.3, -0.25) is 4.79 Å². The van der Waals surface area contributed by atoms with E-state index >= 15 is 0 Å². The first-order valence-electron chi connectivity index (χ1n) is 8.66. The molecular weight excluding hydrogens is 430 g/mol. The number of carbonyl (C=O) groups excluding carboxylic acids is 1. The second-order valence-corrected chi connectivity index (χ2v) is 7.32. The summed E-state index contributed by atoms with van der Waals surface area (Å²) in [5, 5.41) is 15.2. The van der Waals surface area contributed by atoms with Crippen molar-refractivity contribution in [2.75, 3.05) is 26.2 Å². The molecule has 0 aliphatic heterocycles. The number of anilines is 2. The molecule has 0 aliphatic carbocycles. The molecule has 0 atom stereocenters. The number of amides is 1. The van der Waals surface area contributed by atoms with Crippen LogP contribution in [0.15, 0.2) is 28.1 Å². The lowest BCUT2D eigenvalue weighted by Crippen LogP contribution is -2.27. The van der Waals surface area contributed by atoms with Gasteiger partial charge >= 0.3 is 0 Å². The average Bonchev–Trinajstić information content (AvgIpc) is 3.40. The van der Waals surface area contributed by atoms with E-state index in [9.17, 15) is 10.1 Å². The molecule has 0 radical (unpaired) electrons. The highest BCUT2D eigenvalue weighted by molar-refractivity contribution is 7.12. The van der Waals surface area contributed by atoms with Crippen molar-refractivity contribution in [2.45, 2.75) is 13.3 Å². The Hall–Kier alpha value is -3.22. The van der Waals surface area contributed by atoms with Crippen LogP contribution in [0.3, 0.4) is 0 Å². The Morgan fingerprint density at radius 1 is 1.30 bits per heavy atom. The highest BCUT2D eigenvalue weighted by Crippen LogP contribution is 2.50. The second kappa shape index (κ2) is 9.07. The summed E-state index contributed by atoms with van der Waals surface area (Å²) in [4.78, 5) is 15.2. The largest absolute Gasteiger partial charge is 0.493 e. The second-order valence-electron chi connectivity index (χ2n) is 5.99. The van der Waals surface area contributed by atoms with Gasteiger partial charge in [0.25, 0.3) is 11.8 Å². The number of benzene rings is 1. The number of aryl methyl sites for hydroxylation is 1. The lowest BCUT2D eigenvalue weighted by atomic mass is 10.1. The van der Waals surface area contributed by atoms with E-state index in [0.29, 0.717) is 21.9 Å². The van der Waals surface area contributed by atoms with Gasteiger partial charge in [0, 0.05) is 0 Å². The van der Waals surface area contributed by atoms with Crippen LogP contribution in [0.25, 0.3) is 0 Å². The third-order valence-corrected chi connectivity index (χ3v) is 5.58. The van der Waals surface area contributed by atoms with Gasteiger partial charge in [-0.15, -0.1) is 11.3 Å². The van der Waals surface area contributed by atoms with E-state index in [4.69, 9.17) is 30.3 Å². The van der Waals surface area contributed by atoms with Gasteiger partial charge in [-0.25, -0.2) is 4.90 Å². The summed E-state index contributed by atoms with van der Waals surface area (Å²) in [6.45, 7) is 1.66. The van der Waals surface area contributed by atoms with Crippen LogP contribution in [-0.4, -0.2) is 32.4 Å². The molecular formula is C20H18ClN3O5S. The highest BCUT2D eigenvalue weighted by Gasteiger charge is 2.34. The first kappa shape index (κ1) is 21.5. The molecule has 1 amide bonds. The number of nitrogens with zero attached hydrogens (tertiary/aromatic N) is 3. The summed E-state index contributed by atoms with van der Waals surface area (Å²) in [6.07, 6.45) is -0.0367. The molecule has 2 heterocycles. The van der Waals surface area contributed by atoms with Gasteiger partial charge in [0.1, 0.15) is 16.4 Å². The molecule has 0 spiro atoms. The van der Waals surface area contributed by atoms with Crippen LogP contribution >= 0.6 is 22.9 Å². The molecule has 10 heteroatoms. The Kier molecular flexibility index (Phi) is 6.50. The maximum atomic E-state index is 13.5. The molecule has 0 bridgehead atoms. The van der Waals surface area contributed by atoms with Gasteiger partial charge in [-0.05, 0) is 30.0 Å². The third kappa shape index (κ3) is 3.67. The third-order valence-electron chi connectivity index (χ3n) is 4.29. The van der Waals surface area contributed by atoms with Crippen molar-refractivity contribution in [2.24, 2.45) is 0 Å². The van der Waals surface area contributed by atoms with Gasteiger partial charge in [-0.2, -0.15) is 5.26 Å². The minimum Gasteiger partial charge on any atom is -0.493 e. The van der Waals surface area contributed by atoms with Crippen molar-refractivity contribution in [1.82, 2.24) is 5.16 Å². The fourth-order valence-electron chi connectivity index (χ4n) is 2.95. The predicted octanol–water partition coefficient (Wildman–Crippen LogP) is 4.77. The number of carbonyl (C=O) groups is 1. The van der Waals surface area contributed by atoms with Crippen molar-refractivity contribution < 1.29 is 23.5 Å². The minimum atomic E-state index is -0.423. The molecule has 0 unspecified atom stereocenters. The molecule has 0 saturated heterocycles. The van der Waals surface area contributed by atoms with Crippen LogP contribution in [0.4, 0.5) is 11.6 Å². The number of halogens is 1. The smallest absolute Gasteiger partial charge is 0.275 e. The van der Waals surface area contributed by atoms with Crippen LogP contribution in [0.1, 0.15) is 20.9 Å². The molecule has 8 nitrogen and oxygen atoms in total. The fourth-order valence-corrected chi connectivity index (χ4v) is 3.75. The first-order chi connectivity index (χ1) is 14.5. The van der Waals surface area contributed by atoms with E-state index in [-0.39, 0.29) is 34.5 Å². The van der Waals surface area contributed by atoms with Crippen LogP contribution in [-0.2, 0) is 6.42 Å². The zero-order valence-electron chi connectivity index (χ0n) is 16.7. The molecule has 1 aromatic carbocycles. The Labute approximate surface area is 182 Å². The van der Waals surface area contributed by atoms with Crippen molar-refractivity contribution >= 4 is 40.4 Å². The zero-order valence-corrected chi connectivity index (χ0v) is 18.3. The van der Waals surface area contributed by atoms with E-state index in [1.165, 1.54) is 37.6 Å². The summed E-state index contributed by atoms with van der Waals surface area (Å²) >= 11 is 7.66. The Balaban J connectivity index is 2.39. The van der Waals surface area contributed by atoms with Gasteiger partial charge in [0.05, 0.1) is 38.7 Å². The summed E-state index contributed by atoms with van der Waals surface area (Å²) < 4.78 is 21.9. The summed E-state index contributed by atoms with van der Waals surface area (Å²) in [5.74, 6) is 0.391. The maximum Gasteiger partial charge on any atom is 0.275 e. The first-order valence-corrected chi connectivity index (χ1v) is 9.92.